The number of carbonyl (C=O) groups is 1. The summed E-state index contributed by atoms with van der Waals surface area (Å²) in [4.78, 5) is 42.1. The lowest BCUT2D eigenvalue weighted by atomic mass is 9.50. The number of anilines is 2. The monoisotopic (exact) mass is 698 g/mol. The van der Waals surface area contributed by atoms with Gasteiger partial charge in [-0.15, -0.1) is 5.10 Å². The van der Waals surface area contributed by atoms with Gasteiger partial charge in [0.2, 0.25) is 12.7 Å². The van der Waals surface area contributed by atoms with E-state index in [-0.39, 0.29) is 38.6 Å². The summed E-state index contributed by atoms with van der Waals surface area (Å²) in [5.41, 5.74) is 1.71. The van der Waals surface area contributed by atoms with E-state index in [2.05, 4.69) is 36.2 Å². The second kappa shape index (κ2) is 12.4. The molecule has 0 radical (unpaired) electrons. The highest BCUT2D eigenvalue weighted by Gasteiger charge is 2.59. The first-order valence-electron chi connectivity index (χ1n) is 15.1. The van der Waals surface area contributed by atoms with Crippen LogP contribution in [0.1, 0.15) is 68.6 Å². The Bertz CT molecular complexity index is 1990. The largest absolute Gasteiger partial charge is 0.472 e. The average Bonchev–Trinajstić information content (AvgIpc) is 3.41. The fourth-order valence-corrected chi connectivity index (χ4v) is 6.65. The van der Waals surface area contributed by atoms with Crippen molar-refractivity contribution in [2.24, 2.45) is 11.3 Å². The number of ether oxygens (including phenoxy) is 1. The molecule has 17 heteroatoms. The predicted molar refractivity (Wildman–Crippen MR) is 172 cm³/mol. The minimum atomic E-state index is -5.00. The summed E-state index contributed by atoms with van der Waals surface area (Å²) < 4.78 is 37.2. The van der Waals surface area contributed by atoms with Crippen LogP contribution in [-0.4, -0.2) is 54.2 Å². The maximum Gasteiger partial charge on any atom is 0.472 e. The molecular weight excluding hydrogens is 666 g/mol. The third-order valence-corrected chi connectivity index (χ3v) is 9.36. The summed E-state index contributed by atoms with van der Waals surface area (Å²) in [6.45, 7) is 7.02. The zero-order chi connectivity index (χ0) is 34.6. The highest BCUT2D eigenvalue weighted by Crippen LogP contribution is 2.62. The van der Waals surface area contributed by atoms with Gasteiger partial charge in [-0.05, 0) is 55.7 Å². The Morgan fingerprint density at radius 1 is 1.31 bits per heavy atom. The van der Waals surface area contributed by atoms with Crippen LogP contribution in [0.3, 0.4) is 0 Å². The topological polar surface area (TPSA) is 189 Å². The highest BCUT2D eigenvalue weighted by atomic mass is 35.5. The summed E-state index contributed by atoms with van der Waals surface area (Å²) in [5.74, 6) is -0.0969. The van der Waals surface area contributed by atoms with Gasteiger partial charge >= 0.3 is 13.9 Å². The van der Waals surface area contributed by atoms with Crippen molar-refractivity contribution in [2.45, 2.75) is 58.5 Å². The van der Waals surface area contributed by atoms with E-state index in [1.54, 1.807) is 23.9 Å². The van der Waals surface area contributed by atoms with E-state index in [0.717, 1.165) is 30.2 Å². The Labute approximate surface area is 280 Å². The van der Waals surface area contributed by atoms with Gasteiger partial charge in [-0.1, -0.05) is 43.7 Å². The molecule has 4 aromatic rings. The zero-order valence-corrected chi connectivity index (χ0v) is 28.2. The van der Waals surface area contributed by atoms with Crippen molar-refractivity contribution in [2.75, 3.05) is 23.6 Å². The molecule has 1 aromatic carbocycles. The van der Waals surface area contributed by atoms with E-state index in [9.17, 15) is 28.8 Å². The van der Waals surface area contributed by atoms with Gasteiger partial charge in [-0.3, -0.25) is 9.88 Å². The number of fused-ring (bicyclic) bond motifs is 1. The van der Waals surface area contributed by atoms with Crippen LogP contribution in [0.5, 0.6) is 0 Å². The lowest BCUT2D eigenvalue weighted by Crippen LogP contribution is -2.59. The van der Waals surface area contributed by atoms with Crippen LogP contribution >= 0.6 is 19.4 Å². The molecule has 14 nitrogen and oxygen atoms in total. The fourth-order valence-electron chi connectivity index (χ4n) is 6.20. The van der Waals surface area contributed by atoms with Gasteiger partial charge in [0.25, 0.3) is 0 Å². The number of phosphoric acid groups is 1. The summed E-state index contributed by atoms with van der Waals surface area (Å²) in [5, 5.41) is 22.7. The first-order valence-corrected chi connectivity index (χ1v) is 17.0. The normalized spacial score (nSPS) is 19.2. The van der Waals surface area contributed by atoms with Crippen molar-refractivity contribution in [1.82, 2.24) is 25.0 Å². The predicted octanol–water partition coefficient (Wildman–Crippen LogP) is 5.96. The number of halogens is 2. The van der Waals surface area contributed by atoms with E-state index in [0.29, 0.717) is 34.6 Å². The van der Waals surface area contributed by atoms with Gasteiger partial charge in [-0.25, -0.2) is 23.5 Å². The molecule has 7 rings (SSSR count). The fraction of sp³-hybridized carbons (Fsp3) is 0.419. The summed E-state index contributed by atoms with van der Waals surface area (Å²) in [7, 11) is -5.00. The van der Waals surface area contributed by atoms with Crippen LogP contribution in [0.4, 0.5) is 20.6 Å². The molecule has 1 atom stereocenters. The number of hydrogen-bond donors (Lipinski definition) is 3. The molecular formula is C31H33ClFN8O6P. The van der Waals surface area contributed by atoms with Gasteiger partial charge in [0.1, 0.15) is 17.8 Å². The number of benzene rings is 1. The Morgan fingerprint density at radius 2 is 2.04 bits per heavy atom. The van der Waals surface area contributed by atoms with Gasteiger partial charge < -0.3 is 19.8 Å². The average molecular weight is 699 g/mol. The first kappa shape index (κ1) is 33.7. The van der Waals surface area contributed by atoms with E-state index in [4.69, 9.17) is 16.3 Å². The molecule has 0 saturated heterocycles. The smallest absolute Gasteiger partial charge is 0.421 e. The van der Waals surface area contributed by atoms with E-state index < -0.39 is 32.7 Å². The van der Waals surface area contributed by atoms with Gasteiger partial charge in [0.15, 0.2) is 0 Å². The Kier molecular flexibility index (Phi) is 8.68. The number of nitriles is 1. The van der Waals surface area contributed by atoms with E-state index in [1.807, 2.05) is 20.8 Å². The molecule has 3 aromatic heterocycles. The van der Waals surface area contributed by atoms with Crippen molar-refractivity contribution in [3.63, 3.8) is 0 Å². The summed E-state index contributed by atoms with van der Waals surface area (Å²) in [6.07, 6.45) is 4.90. The van der Waals surface area contributed by atoms with E-state index >= 15 is 0 Å². The lowest BCUT2D eigenvalue weighted by molar-refractivity contribution is -0.0989. The number of phosphoric ester groups is 1. The maximum absolute atomic E-state index is 14.3. The number of nitrogens with zero attached hydrogens (tertiary/aromatic N) is 7. The molecule has 252 valence electrons. The third-order valence-electron chi connectivity index (χ3n) is 8.63. The Morgan fingerprint density at radius 3 is 2.65 bits per heavy atom. The quantitative estimate of drug-likeness (QED) is 0.100. The van der Waals surface area contributed by atoms with Crippen molar-refractivity contribution in [1.29, 1.82) is 5.26 Å². The molecule has 3 N–H and O–H groups in total. The van der Waals surface area contributed by atoms with Crippen LogP contribution in [0.25, 0.3) is 10.9 Å². The van der Waals surface area contributed by atoms with Crippen molar-refractivity contribution in [3.05, 3.63) is 70.1 Å². The number of carbonyl (C=O) groups excluding carboxylic acids is 1. The van der Waals surface area contributed by atoms with Crippen LogP contribution in [0.15, 0.2) is 36.7 Å². The minimum Gasteiger partial charge on any atom is -0.421 e. The molecule has 48 heavy (non-hydrogen) atoms. The summed E-state index contributed by atoms with van der Waals surface area (Å²) in [6, 6.07) is 6.67. The second-order valence-corrected chi connectivity index (χ2v) is 15.1. The van der Waals surface area contributed by atoms with Crippen molar-refractivity contribution >= 4 is 47.8 Å². The number of nitrogens with one attached hydrogen (secondary N) is 1. The molecule has 1 amide bonds. The Hall–Kier alpha value is -4.19. The van der Waals surface area contributed by atoms with Gasteiger partial charge in [0.05, 0.1) is 39.2 Å². The molecule has 0 unspecified atom stereocenters. The minimum absolute atomic E-state index is 0.125. The molecule has 3 fully saturated rings. The molecule has 3 heterocycles. The third kappa shape index (κ3) is 6.59. The number of rotatable bonds is 10. The number of pyridine rings is 2. The Balaban J connectivity index is 1.55. The number of aryl methyl sites for hydroxylation is 1. The molecule has 3 saturated carbocycles. The second-order valence-electron chi connectivity index (χ2n) is 13.4. The number of amides is 1. The van der Waals surface area contributed by atoms with Crippen LogP contribution < -0.4 is 10.2 Å². The lowest BCUT2D eigenvalue weighted by Gasteiger charge is -2.61. The number of aromatic nitrogens is 5. The number of hydrogen-bond acceptors (Lipinski definition) is 10. The zero-order valence-electron chi connectivity index (χ0n) is 26.5. The van der Waals surface area contributed by atoms with Gasteiger partial charge in [-0.2, -0.15) is 9.65 Å². The molecule has 0 spiro atoms. The molecule has 3 aliphatic carbocycles. The first-order chi connectivity index (χ1) is 22.6. The van der Waals surface area contributed by atoms with Crippen LogP contribution in [0.2, 0.25) is 5.02 Å². The van der Waals surface area contributed by atoms with E-state index in [1.165, 1.54) is 18.3 Å². The molecule has 0 aliphatic heterocycles. The highest BCUT2D eigenvalue weighted by molar-refractivity contribution is 7.46. The van der Waals surface area contributed by atoms with Crippen LogP contribution in [0, 0.1) is 35.5 Å². The maximum atomic E-state index is 14.3. The standard InChI is InChI=1S/C31H33ClFN8O6P/c1-17-21(5-6-25(33)37-17)28(24-14-40(39-38-24)31-9-18(10-31)11-31)41(29(42)46-16-47-48(43,44)45)20-7-22-26(36-15-30(2,3)4)19(12-34)13-35-27(22)23(32)8-20/h5-8,13-14,18,28H,9-11,15-16H2,1-4H3,(H,35,36)(H2,43,44,45)/t18?,28-,31?/m0/s1. The van der Waals surface area contributed by atoms with Crippen molar-refractivity contribution < 1.29 is 32.8 Å². The van der Waals surface area contributed by atoms with Gasteiger partial charge in [0, 0.05) is 29.4 Å². The molecule has 2 bridgehead atoms. The molecule has 3 aliphatic rings. The summed E-state index contributed by atoms with van der Waals surface area (Å²) >= 11 is 6.80. The van der Waals surface area contributed by atoms with Crippen LogP contribution in [-0.2, 0) is 19.4 Å². The SMILES string of the molecule is Cc1nc(F)ccc1[C@@H](c1cn(C23CC(C2)C3)nn1)N(C(=O)OCOP(=O)(O)O)c1cc(Cl)c2ncc(C#N)c(NCC(C)(C)C)c2c1. The van der Waals surface area contributed by atoms with Crippen molar-refractivity contribution in [3.8, 4) is 6.07 Å².